The van der Waals surface area contributed by atoms with E-state index in [0.29, 0.717) is 18.1 Å². The van der Waals surface area contributed by atoms with Crippen molar-refractivity contribution in [1.82, 2.24) is 0 Å². The maximum atomic E-state index is 6.03. The highest BCUT2D eigenvalue weighted by Crippen LogP contribution is 2.31. The minimum atomic E-state index is -1.38. The van der Waals surface area contributed by atoms with Gasteiger partial charge in [-0.1, -0.05) is 45.4 Å². The summed E-state index contributed by atoms with van der Waals surface area (Å²) >= 11 is 0. The van der Waals surface area contributed by atoms with Gasteiger partial charge in [-0.15, -0.1) is 0 Å². The molecule has 0 radical (unpaired) electrons. The third kappa shape index (κ3) is 20.5. The predicted octanol–water partition coefficient (Wildman–Crippen LogP) is 7.40. The van der Waals surface area contributed by atoms with E-state index in [-0.39, 0.29) is 5.60 Å². The fourth-order valence-electron chi connectivity index (χ4n) is 4.75. The number of unbranched alkanes of at least 4 members (excludes halogenated alkanes) is 5. The number of rotatable bonds is 24. The molecular formula is C30H62O6Si. The van der Waals surface area contributed by atoms with Crippen molar-refractivity contribution in [1.29, 1.82) is 0 Å². The minimum Gasteiger partial charge on any atom is -0.418 e. The van der Waals surface area contributed by atoms with Crippen LogP contribution in [-0.2, 0) is 28.1 Å². The molecule has 2 fully saturated rings. The van der Waals surface area contributed by atoms with E-state index >= 15 is 0 Å². The maximum absolute atomic E-state index is 6.03. The summed E-state index contributed by atoms with van der Waals surface area (Å²) in [5.74, 6) is 0.634. The summed E-state index contributed by atoms with van der Waals surface area (Å²) in [6.07, 6.45) is 13.7. The molecule has 0 amide bonds. The molecule has 2 aliphatic heterocycles. The van der Waals surface area contributed by atoms with Crippen molar-refractivity contribution in [3.63, 3.8) is 0 Å². The topological polar surface area (TPSA) is 62.0 Å². The van der Waals surface area contributed by atoms with Crippen LogP contribution in [0.1, 0.15) is 98.8 Å². The Morgan fingerprint density at radius 2 is 1.30 bits per heavy atom. The van der Waals surface area contributed by atoms with Crippen molar-refractivity contribution in [2.75, 3.05) is 52.9 Å². The second-order valence-electron chi connectivity index (χ2n) is 11.8. The lowest BCUT2D eigenvalue weighted by Gasteiger charge is -2.34. The highest BCUT2D eigenvalue weighted by Gasteiger charge is 2.29. The van der Waals surface area contributed by atoms with Crippen molar-refractivity contribution >= 4 is 8.32 Å². The van der Waals surface area contributed by atoms with Crippen LogP contribution in [-0.4, -0.2) is 79.0 Å². The summed E-state index contributed by atoms with van der Waals surface area (Å²) < 4.78 is 33.1. The molecular weight excluding hydrogens is 484 g/mol. The van der Waals surface area contributed by atoms with Gasteiger partial charge in [-0.05, 0) is 78.4 Å². The van der Waals surface area contributed by atoms with Gasteiger partial charge in [0.2, 0.25) is 0 Å². The lowest BCUT2D eigenvalue weighted by atomic mass is 9.82. The van der Waals surface area contributed by atoms with Gasteiger partial charge in [0.25, 0.3) is 0 Å². The SMILES string of the molecule is CCCCCCCCC(CCCOCC1CO1)C(C)(C)OCC.CCO[Si](C)(C)CCCOCC1CO1. The Kier molecular flexibility index (Phi) is 19.7. The summed E-state index contributed by atoms with van der Waals surface area (Å²) in [5, 5.41) is 0. The molecule has 2 saturated heterocycles. The monoisotopic (exact) mass is 546 g/mol. The molecule has 2 aliphatic rings. The van der Waals surface area contributed by atoms with Crippen LogP contribution < -0.4 is 0 Å². The zero-order chi connectivity index (χ0) is 27.4. The molecule has 0 bridgehead atoms. The largest absolute Gasteiger partial charge is 0.418 e. The first-order valence-corrected chi connectivity index (χ1v) is 18.5. The van der Waals surface area contributed by atoms with Crippen LogP contribution >= 0.6 is 0 Å². The van der Waals surface area contributed by atoms with Gasteiger partial charge in [-0.3, -0.25) is 0 Å². The lowest BCUT2D eigenvalue weighted by molar-refractivity contribution is -0.0619. The smallest absolute Gasteiger partial charge is 0.186 e. The summed E-state index contributed by atoms with van der Waals surface area (Å²) in [6, 6.07) is 1.19. The van der Waals surface area contributed by atoms with Gasteiger partial charge >= 0.3 is 0 Å². The van der Waals surface area contributed by atoms with E-state index in [1.54, 1.807) is 0 Å². The van der Waals surface area contributed by atoms with Crippen molar-refractivity contribution in [3.05, 3.63) is 0 Å². The Morgan fingerprint density at radius 1 is 0.757 bits per heavy atom. The zero-order valence-electron chi connectivity index (χ0n) is 25.6. The minimum absolute atomic E-state index is 0.0161. The van der Waals surface area contributed by atoms with Crippen molar-refractivity contribution in [2.45, 2.75) is 136 Å². The van der Waals surface area contributed by atoms with Crippen molar-refractivity contribution < 1.29 is 28.1 Å². The molecule has 0 spiro atoms. The normalized spacial score (nSPS) is 19.9. The van der Waals surface area contributed by atoms with E-state index in [9.17, 15) is 0 Å². The van der Waals surface area contributed by atoms with Crippen LogP contribution in [0.3, 0.4) is 0 Å². The molecule has 2 heterocycles. The average molecular weight is 547 g/mol. The molecule has 222 valence electrons. The molecule has 7 heteroatoms. The van der Waals surface area contributed by atoms with Gasteiger partial charge in [-0.25, -0.2) is 0 Å². The summed E-state index contributed by atoms with van der Waals surface area (Å²) in [4.78, 5) is 0. The molecule has 0 aromatic rings. The van der Waals surface area contributed by atoms with Crippen LogP contribution in [0.5, 0.6) is 0 Å². The lowest BCUT2D eigenvalue weighted by Crippen LogP contribution is -2.35. The zero-order valence-corrected chi connectivity index (χ0v) is 26.6. The van der Waals surface area contributed by atoms with Crippen LogP contribution in [0.15, 0.2) is 0 Å². The van der Waals surface area contributed by atoms with Crippen LogP contribution in [0.25, 0.3) is 0 Å². The molecule has 0 N–H and O–H groups in total. The first-order chi connectivity index (χ1) is 17.7. The highest BCUT2D eigenvalue weighted by molar-refractivity contribution is 6.71. The van der Waals surface area contributed by atoms with Gasteiger partial charge in [0, 0.05) is 26.4 Å². The Labute approximate surface area is 231 Å². The summed E-state index contributed by atoms with van der Waals surface area (Å²) in [7, 11) is -1.38. The van der Waals surface area contributed by atoms with E-state index < -0.39 is 8.32 Å². The van der Waals surface area contributed by atoms with Crippen LogP contribution in [0, 0.1) is 5.92 Å². The van der Waals surface area contributed by atoms with Crippen molar-refractivity contribution in [3.8, 4) is 0 Å². The van der Waals surface area contributed by atoms with E-state index in [1.165, 1.54) is 57.4 Å². The Hall–Kier alpha value is -0.0231. The van der Waals surface area contributed by atoms with E-state index in [4.69, 9.17) is 28.1 Å². The Bertz CT molecular complexity index is 522. The van der Waals surface area contributed by atoms with Crippen LogP contribution in [0.4, 0.5) is 0 Å². The van der Waals surface area contributed by atoms with Crippen molar-refractivity contribution in [2.24, 2.45) is 5.92 Å². The molecule has 6 nitrogen and oxygen atoms in total. The summed E-state index contributed by atoms with van der Waals surface area (Å²) in [5.41, 5.74) is -0.0161. The summed E-state index contributed by atoms with van der Waals surface area (Å²) in [6.45, 7) is 22.2. The van der Waals surface area contributed by atoms with Gasteiger partial charge < -0.3 is 28.1 Å². The standard InChI is InChI=1S/C20H40O3.C10H22O3Si/c1-5-7-8-9-10-11-13-18(20(3,4)23-6-2)14-12-15-21-16-19-17-22-19;1-4-13-14(2,3)7-5-6-11-8-10-9-12-10/h18-19H,5-17H2,1-4H3;10H,4-9H2,1-3H3. The molecule has 2 rings (SSSR count). The molecule has 0 aromatic heterocycles. The molecule has 3 unspecified atom stereocenters. The van der Waals surface area contributed by atoms with Gasteiger partial charge in [0.1, 0.15) is 12.2 Å². The molecule has 37 heavy (non-hydrogen) atoms. The van der Waals surface area contributed by atoms with E-state index in [0.717, 1.165) is 65.7 Å². The Balaban J connectivity index is 0.000000417. The number of epoxide rings is 2. The van der Waals surface area contributed by atoms with Gasteiger partial charge in [-0.2, -0.15) is 0 Å². The molecule has 0 aromatic carbocycles. The Morgan fingerprint density at radius 3 is 1.84 bits per heavy atom. The van der Waals surface area contributed by atoms with Gasteiger partial charge in [0.15, 0.2) is 8.32 Å². The fourth-order valence-corrected chi connectivity index (χ4v) is 6.67. The maximum Gasteiger partial charge on any atom is 0.186 e. The average Bonchev–Trinajstić information content (AvgIpc) is 3.75. The van der Waals surface area contributed by atoms with Gasteiger partial charge in [0.05, 0.1) is 32.0 Å². The third-order valence-electron chi connectivity index (χ3n) is 7.26. The number of hydrogen-bond donors (Lipinski definition) is 0. The number of ether oxygens (including phenoxy) is 5. The molecule has 0 aliphatic carbocycles. The first-order valence-electron chi connectivity index (χ1n) is 15.4. The first kappa shape index (κ1) is 35.0. The quantitative estimate of drug-likeness (QED) is 0.0714. The fraction of sp³-hybridized carbons (Fsp3) is 1.00. The second kappa shape index (κ2) is 20.8. The van der Waals surface area contributed by atoms with E-state index in [2.05, 4.69) is 47.7 Å². The highest BCUT2D eigenvalue weighted by atomic mass is 28.4. The van der Waals surface area contributed by atoms with E-state index in [1.807, 2.05) is 0 Å². The molecule has 3 atom stereocenters. The number of hydrogen-bond acceptors (Lipinski definition) is 6. The predicted molar refractivity (Wildman–Crippen MR) is 156 cm³/mol. The second-order valence-corrected chi connectivity index (χ2v) is 16.1. The third-order valence-corrected chi connectivity index (χ3v) is 9.89. The van der Waals surface area contributed by atoms with Crippen LogP contribution in [0.2, 0.25) is 19.1 Å². The molecule has 0 saturated carbocycles.